The molecule has 1 saturated heterocycles. The Balaban J connectivity index is 1.58. The Hall–Kier alpha value is -2.87. The largest absolute Gasteiger partial charge is 0.495 e. The predicted octanol–water partition coefficient (Wildman–Crippen LogP) is 1.37. The van der Waals surface area contributed by atoms with Crippen LogP contribution in [0.5, 0.6) is 11.5 Å². The maximum absolute atomic E-state index is 12.8. The van der Waals surface area contributed by atoms with Gasteiger partial charge in [0.15, 0.2) is 0 Å². The molecule has 204 valence electrons. The molecule has 2 aromatic carbocycles. The van der Waals surface area contributed by atoms with E-state index in [1.54, 1.807) is 30.3 Å². The van der Waals surface area contributed by atoms with E-state index in [4.69, 9.17) is 14.2 Å². The summed E-state index contributed by atoms with van der Waals surface area (Å²) in [6.07, 6.45) is 1.03. The monoisotopic (exact) mass is 555 g/mol. The quantitative estimate of drug-likeness (QED) is 0.412. The SMILES string of the molecule is COc1ccc(C)cc1N([C@H](C)C(=O)NCCOc1ccc(S(=O)(=O)N2CCOCC2)cc1)S(C)(=O)=O. The fourth-order valence-electron chi connectivity index (χ4n) is 3.89. The van der Waals surface area contributed by atoms with E-state index in [1.165, 1.54) is 30.5 Å². The number of ether oxygens (including phenoxy) is 3. The molecule has 1 heterocycles. The van der Waals surface area contributed by atoms with Gasteiger partial charge in [0, 0.05) is 13.1 Å². The topological polar surface area (TPSA) is 132 Å². The molecule has 37 heavy (non-hydrogen) atoms. The highest BCUT2D eigenvalue weighted by atomic mass is 32.2. The van der Waals surface area contributed by atoms with Crippen molar-refractivity contribution in [3.63, 3.8) is 0 Å². The second-order valence-electron chi connectivity index (χ2n) is 8.54. The lowest BCUT2D eigenvalue weighted by atomic mass is 10.2. The van der Waals surface area contributed by atoms with Crippen molar-refractivity contribution >= 4 is 31.6 Å². The van der Waals surface area contributed by atoms with Gasteiger partial charge < -0.3 is 19.5 Å². The Morgan fingerprint density at radius 2 is 1.76 bits per heavy atom. The minimum Gasteiger partial charge on any atom is -0.495 e. The number of nitrogens with one attached hydrogen (secondary N) is 1. The normalized spacial score (nSPS) is 15.6. The lowest BCUT2D eigenvalue weighted by Crippen LogP contribution is -2.48. The Morgan fingerprint density at radius 3 is 2.35 bits per heavy atom. The number of methoxy groups -OCH3 is 1. The van der Waals surface area contributed by atoms with Gasteiger partial charge in [0.25, 0.3) is 0 Å². The van der Waals surface area contributed by atoms with Gasteiger partial charge in [-0.15, -0.1) is 0 Å². The summed E-state index contributed by atoms with van der Waals surface area (Å²) < 4.78 is 69.2. The van der Waals surface area contributed by atoms with Crippen molar-refractivity contribution in [1.82, 2.24) is 9.62 Å². The van der Waals surface area contributed by atoms with E-state index in [1.807, 2.05) is 6.92 Å². The molecule has 1 aliphatic rings. The van der Waals surface area contributed by atoms with E-state index in [-0.39, 0.29) is 23.7 Å². The summed E-state index contributed by atoms with van der Waals surface area (Å²) >= 11 is 0. The number of anilines is 1. The van der Waals surface area contributed by atoms with Crippen molar-refractivity contribution in [3.05, 3.63) is 48.0 Å². The van der Waals surface area contributed by atoms with Crippen molar-refractivity contribution in [2.75, 3.05) is 57.1 Å². The highest BCUT2D eigenvalue weighted by Crippen LogP contribution is 2.32. The summed E-state index contributed by atoms with van der Waals surface area (Å²) in [7, 11) is -5.97. The van der Waals surface area contributed by atoms with Crippen molar-refractivity contribution in [3.8, 4) is 11.5 Å². The van der Waals surface area contributed by atoms with Crippen molar-refractivity contribution in [2.24, 2.45) is 0 Å². The van der Waals surface area contributed by atoms with Crippen LogP contribution >= 0.6 is 0 Å². The third-order valence-corrected chi connectivity index (χ3v) is 8.90. The first-order chi connectivity index (χ1) is 17.4. The van der Waals surface area contributed by atoms with Gasteiger partial charge in [-0.05, 0) is 55.8 Å². The van der Waals surface area contributed by atoms with Crippen LogP contribution in [0.15, 0.2) is 47.4 Å². The Labute approximate surface area is 218 Å². The lowest BCUT2D eigenvalue weighted by Gasteiger charge is -2.29. The van der Waals surface area contributed by atoms with Gasteiger partial charge in [-0.3, -0.25) is 9.10 Å². The first-order valence-electron chi connectivity index (χ1n) is 11.7. The summed E-state index contributed by atoms with van der Waals surface area (Å²) in [6, 6.07) is 10.1. The number of hydrogen-bond donors (Lipinski definition) is 1. The van der Waals surface area contributed by atoms with Crippen LogP contribution in [0.2, 0.25) is 0 Å². The van der Waals surface area contributed by atoms with Gasteiger partial charge in [0.2, 0.25) is 26.0 Å². The standard InChI is InChI=1S/C24H33N3O8S2/c1-18-5-10-23(33-3)22(17-18)27(36(4,29)30)19(2)24(28)25-11-14-35-20-6-8-21(9-7-20)37(31,32)26-12-15-34-16-13-26/h5-10,17,19H,11-16H2,1-4H3,(H,25,28)/t19-/m1/s1. The van der Waals surface area contributed by atoms with Gasteiger partial charge in [-0.1, -0.05) is 6.07 Å². The van der Waals surface area contributed by atoms with E-state index in [2.05, 4.69) is 5.32 Å². The molecule has 0 bridgehead atoms. The summed E-state index contributed by atoms with van der Waals surface area (Å²) in [6.45, 7) is 4.87. The number of morpholine rings is 1. The zero-order valence-electron chi connectivity index (χ0n) is 21.3. The molecule has 1 atom stereocenters. The van der Waals surface area contributed by atoms with E-state index in [0.29, 0.717) is 37.8 Å². The lowest BCUT2D eigenvalue weighted by molar-refractivity contribution is -0.121. The summed E-state index contributed by atoms with van der Waals surface area (Å²) in [5.41, 5.74) is 1.09. The maximum atomic E-state index is 12.8. The van der Waals surface area contributed by atoms with Crippen molar-refractivity contribution < 1.29 is 35.8 Å². The molecule has 0 aromatic heterocycles. The average molecular weight is 556 g/mol. The predicted molar refractivity (Wildman–Crippen MR) is 139 cm³/mol. The van der Waals surface area contributed by atoms with Crippen LogP contribution < -0.4 is 19.1 Å². The maximum Gasteiger partial charge on any atom is 0.243 e. The van der Waals surface area contributed by atoms with Gasteiger partial charge >= 0.3 is 0 Å². The average Bonchev–Trinajstić information content (AvgIpc) is 2.86. The molecule has 0 aliphatic carbocycles. The molecule has 1 aliphatic heterocycles. The first kappa shape index (κ1) is 28.7. The van der Waals surface area contributed by atoms with Gasteiger partial charge in [-0.25, -0.2) is 16.8 Å². The number of nitrogens with zero attached hydrogens (tertiary/aromatic N) is 2. The molecular weight excluding hydrogens is 522 g/mol. The molecule has 1 N–H and O–H groups in total. The van der Waals surface area contributed by atoms with E-state index >= 15 is 0 Å². The molecule has 1 fully saturated rings. The fourth-order valence-corrected chi connectivity index (χ4v) is 6.47. The fraction of sp³-hybridized carbons (Fsp3) is 0.458. The molecule has 1 amide bonds. The molecule has 11 nitrogen and oxygen atoms in total. The van der Waals surface area contributed by atoms with Crippen LogP contribution in [-0.4, -0.2) is 85.9 Å². The Morgan fingerprint density at radius 1 is 1.11 bits per heavy atom. The van der Waals surface area contributed by atoms with Crippen molar-refractivity contribution in [2.45, 2.75) is 24.8 Å². The first-order valence-corrected chi connectivity index (χ1v) is 15.0. The Bertz CT molecular complexity index is 1290. The molecular formula is C24H33N3O8S2. The summed E-state index contributed by atoms with van der Waals surface area (Å²) in [5, 5.41) is 2.68. The molecule has 0 unspecified atom stereocenters. The zero-order valence-corrected chi connectivity index (χ0v) is 23.0. The smallest absolute Gasteiger partial charge is 0.243 e. The van der Waals surface area contributed by atoms with Gasteiger partial charge in [-0.2, -0.15) is 4.31 Å². The number of benzene rings is 2. The van der Waals surface area contributed by atoms with Crippen LogP contribution in [0.3, 0.4) is 0 Å². The highest BCUT2D eigenvalue weighted by Gasteiger charge is 2.31. The summed E-state index contributed by atoms with van der Waals surface area (Å²) in [4.78, 5) is 13.0. The van der Waals surface area contributed by atoms with E-state index in [0.717, 1.165) is 16.1 Å². The molecule has 2 aromatic rings. The molecule has 0 radical (unpaired) electrons. The molecule has 0 saturated carbocycles. The van der Waals surface area contributed by atoms with Crippen LogP contribution in [0.1, 0.15) is 12.5 Å². The second kappa shape index (κ2) is 12.1. The highest BCUT2D eigenvalue weighted by molar-refractivity contribution is 7.92. The minimum absolute atomic E-state index is 0.0979. The number of rotatable bonds is 11. The second-order valence-corrected chi connectivity index (χ2v) is 12.3. The number of carbonyl (C=O) groups is 1. The summed E-state index contributed by atoms with van der Waals surface area (Å²) in [5.74, 6) is 0.258. The number of sulfonamides is 2. The van der Waals surface area contributed by atoms with Gasteiger partial charge in [0.05, 0.1) is 43.7 Å². The third kappa shape index (κ3) is 7.12. The number of hydrogen-bond acceptors (Lipinski definition) is 8. The Kier molecular flexibility index (Phi) is 9.40. The minimum atomic E-state index is -3.81. The van der Waals surface area contributed by atoms with E-state index < -0.39 is 32.0 Å². The van der Waals surface area contributed by atoms with E-state index in [9.17, 15) is 21.6 Å². The van der Waals surface area contributed by atoms with Gasteiger partial charge in [0.1, 0.15) is 24.1 Å². The zero-order chi connectivity index (χ0) is 27.2. The van der Waals surface area contributed by atoms with Crippen molar-refractivity contribution in [1.29, 1.82) is 0 Å². The third-order valence-electron chi connectivity index (χ3n) is 5.76. The van der Waals surface area contributed by atoms with Crippen LogP contribution in [0.4, 0.5) is 5.69 Å². The van der Waals surface area contributed by atoms with Crippen LogP contribution in [0.25, 0.3) is 0 Å². The number of aryl methyl sites for hydroxylation is 1. The van der Waals surface area contributed by atoms with Crippen LogP contribution in [-0.2, 0) is 29.6 Å². The molecule has 13 heteroatoms. The number of carbonyl (C=O) groups excluding carboxylic acids is 1. The van der Waals surface area contributed by atoms with Crippen LogP contribution in [0, 0.1) is 6.92 Å². The molecule has 0 spiro atoms. The number of amides is 1. The molecule has 3 rings (SSSR count).